The Hall–Kier alpha value is -2.74. The normalized spacial score (nSPS) is 22.1. The molecule has 1 aliphatic carbocycles. The van der Waals surface area contributed by atoms with Crippen molar-refractivity contribution in [3.63, 3.8) is 0 Å². The Labute approximate surface area is 170 Å². The first kappa shape index (κ1) is 19.6. The highest BCUT2D eigenvalue weighted by atomic mass is 32.2. The van der Waals surface area contributed by atoms with Crippen LogP contribution in [0.3, 0.4) is 0 Å². The van der Waals surface area contributed by atoms with Gasteiger partial charge in [-0.3, -0.25) is 0 Å². The Morgan fingerprint density at radius 2 is 2.00 bits per heavy atom. The first-order valence-corrected chi connectivity index (χ1v) is 11.1. The molecule has 2 heterocycles. The molecule has 7 nitrogen and oxygen atoms in total. The van der Waals surface area contributed by atoms with Crippen molar-refractivity contribution in [2.45, 2.75) is 38.0 Å². The van der Waals surface area contributed by atoms with Gasteiger partial charge in [0.25, 0.3) is 10.0 Å². The number of fused-ring (bicyclic) bond motifs is 1. The van der Waals surface area contributed by atoms with E-state index in [1.165, 1.54) is 3.97 Å². The van der Waals surface area contributed by atoms with E-state index in [0.717, 1.165) is 24.9 Å². The molecule has 1 unspecified atom stereocenters. The second-order valence-electron chi connectivity index (χ2n) is 7.83. The van der Waals surface area contributed by atoms with Gasteiger partial charge in [-0.2, -0.15) is 0 Å². The molecule has 29 heavy (non-hydrogen) atoms. The van der Waals surface area contributed by atoms with Crippen molar-refractivity contribution in [1.29, 1.82) is 0 Å². The van der Waals surface area contributed by atoms with E-state index in [0.29, 0.717) is 16.8 Å². The highest BCUT2D eigenvalue weighted by Crippen LogP contribution is 2.38. The summed E-state index contributed by atoms with van der Waals surface area (Å²) in [5, 5.41) is 14.3. The standard InChI is InChI=1S/C21H25N3O4S/c1-15-7-5-10-21(2,19(15)25)29(27,28)24-17(13-16-8-3-4-9-18(16)24)14-22-20(26)23-11-6-12-23/h3-5,7-9,13,25H,6,10-12,14H2,1-2H3,(H,22,26). The molecule has 154 valence electrons. The van der Waals surface area contributed by atoms with Crippen LogP contribution in [0.4, 0.5) is 4.79 Å². The number of nitrogens with zero attached hydrogens (tertiary/aromatic N) is 2. The molecule has 2 amide bonds. The van der Waals surface area contributed by atoms with E-state index in [1.54, 1.807) is 49.1 Å². The molecule has 1 atom stereocenters. The number of benzene rings is 1. The van der Waals surface area contributed by atoms with E-state index in [1.807, 2.05) is 12.1 Å². The maximum atomic E-state index is 13.8. The van der Waals surface area contributed by atoms with Gasteiger partial charge in [0.1, 0.15) is 10.5 Å². The van der Waals surface area contributed by atoms with Crippen LogP contribution < -0.4 is 5.32 Å². The first-order valence-electron chi connectivity index (χ1n) is 9.70. The van der Waals surface area contributed by atoms with Crippen LogP contribution in [-0.4, -0.2) is 46.3 Å². The van der Waals surface area contributed by atoms with Crippen LogP contribution in [0.15, 0.2) is 53.8 Å². The fraction of sp³-hybridized carbons (Fsp3) is 0.381. The molecule has 2 aromatic rings. The molecule has 0 spiro atoms. The van der Waals surface area contributed by atoms with Crippen LogP contribution in [0.2, 0.25) is 0 Å². The van der Waals surface area contributed by atoms with Crippen molar-refractivity contribution in [3.05, 3.63) is 59.5 Å². The van der Waals surface area contributed by atoms with E-state index in [4.69, 9.17) is 0 Å². The molecule has 1 saturated heterocycles. The molecule has 0 saturated carbocycles. The van der Waals surface area contributed by atoms with Crippen molar-refractivity contribution in [2.24, 2.45) is 0 Å². The number of hydrogen-bond acceptors (Lipinski definition) is 4. The van der Waals surface area contributed by atoms with Crippen LogP contribution in [0.1, 0.15) is 32.4 Å². The second-order valence-corrected chi connectivity index (χ2v) is 10.0. The molecule has 2 N–H and O–H groups in total. The van der Waals surface area contributed by atoms with Crippen LogP contribution >= 0.6 is 0 Å². The van der Waals surface area contributed by atoms with Crippen LogP contribution in [0, 0.1) is 0 Å². The Morgan fingerprint density at radius 3 is 2.69 bits per heavy atom. The minimum atomic E-state index is -4.02. The molecule has 1 aliphatic heterocycles. The lowest BCUT2D eigenvalue weighted by Gasteiger charge is -2.33. The lowest BCUT2D eigenvalue weighted by molar-refractivity contribution is 0.167. The number of carbonyl (C=O) groups is 1. The summed E-state index contributed by atoms with van der Waals surface area (Å²) in [5.41, 5.74) is 1.52. The smallest absolute Gasteiger partial charge is 0.317 e. The maximum Gasteiger partial charge on any atom is 0.317 e. The minimum Gasteiger partial charge on any atom is -0.510 e. The SMILES string of the molecule is CC1=C(O)C(C)(S(=O)(=O)n2c(CNC(=O)N3CCC3)cc3ccccc32)CC=C1. The predicted molar refractivity (Wildman–Crippen MR) is 112 cm³/mol. The topological polar surface area (TPSA) is 91.6 Å². The van der Waals surface area contributed by atoms with Gasteiger partial charge in [-0.1, -0.05) is 30.4 Å². The Bertz CT molecular complexity index is 1140. The summed E-state index contributed by atoms with van der Waals surface area (Å²) in [6.45, 7) is 4.76. The molecule has 0 radical (unpaired) electrons. The van der Waals surface area contributed by atoms with E-state index in [9.17, 15) is 18.3 Å². The highest BCUT2D eigenvalue weighted by Gasteiger charge is 2.46. The van der Waals surface area contributed by atoms with E-state index in [2.05, 4.69) is 5.32 Å². The van der Waals surface area contributed by atoms with Gasteiger partial charge in [-0.15, -0.1) is 0 Å². The molecular formula is C21H25N3O4S. The minimum absolute atomic E-state index is 0.0820. The number of aromatic nitrogens is 1. The number of aliphatic hydroxyl groups excluding tert-OH is 1. The van der Waals surface area contributed by atoms with E-state index in [-0.39, 0.29) is 24.8 Å². The number of carbonyl (C=O) groups excluding carboxylic acids is 1. The predicted octanol–water partition coefficient (Wildman–Crippen LogP) is 3.29. The molecule has 4 rings (SSSR count). The van der Waals surface area contributed by atoms with Crippen molar-refractivity contribution < 1.29 is 18.3 Å². The van der Waals surface area contributed by atoms with Gasteiger partial charge < -0.3 is 15.3 Å². The third kappa shape index (κ3) is 3.02. The van der Waals surface area contributed by atoms with Gasteiger partial charge in [-0.05, 0) is 44.4 Å². The summed E-state index contributed by atoms with van der Waals surface area (Å²) in [7, 11) is -4.02. The van der Waals surface area contributed by atoms with Crippen molar-refractivity contribution in [2.75, 3.05) is 13.1 Å². The summed E-state index contributed by atoms with van der Waals surface area (Å²) in [4.78, 5) is 13.9. The Kier molecular flexibility index (Phi) is 4.69. The van der Waals surface area contributed by atoms with Gasteiger partial charge in [0.15, 0.2) is 0 Å². The number of likely N-dealkylation sites (tertiary alicyclic amines) is 1. The molecular weight excluding hydrogens is 390 g/mol. The van der Waals surface area contributed by atoms with Gasteiger partial charge in [0.2, 0.25) is 0 Å². The van der Waals surface area contributed by atoms with Crippen molar-refractivity contribution in [1.82, 2.24) is 14.2 Å². The first-order chi connectivity index (χ1) is 13.8. The maximum absolute atomic E-state index is 13.8. The largest absolute Gasteiger partial charge is 0.510 e. The molecule has 8 heteroatoms. The summed E-state index contributed by atoms with van der Waals surface area (Å²) in [6.07, 6.45) is 4.65. The highest BCUT2D eigenvalue weighted by molar-refractivity contribution is 7.91. The molecule has 1 fully saturated rings. The number of aliphatic hydroxyl groups is 1. The molecule has 1 aromatic carbocycles. The summed E-state index contributed by atoms with van der Waals surface area (Å²) in [6, 6.07) is 8.78. The zero-order valence-corrected chi connectivity index (χ0v) is 17.4. The Morgan fingerprint density at radius 1 is 1.28 bits per heavy atom. The number of urea groups is 1. The number of hydrogen-bond donors (Lipinski definition) is 2. The summed E-state index contributed by atoms with van der Waals surface area (Å²) in [5.74, 6) is -0.145. The Balaban J connectivity index is 1.79. The van der Waals surface area contributed by atoms with E-state index >= 15 is 0 Å². The number of nitrogens with one attached hydrogen (secondary N) is 1. The number of allylic oxidation sites excluding steroid dienone is 3. The molecule has 2 aliphatic rings. The average Bonchev–Trinajstić information content (AvgIpc) is 3.02. The zero-order chi connectivity index (χ0) is 20.8. The lowest BCUT2D eigenvalue weighted by Crippen LogP contribution is -2.48. The fourth-order valence-electron chi connectivity index (χ4n) is 3.87. The zero-order valence-electron chi connectivity index (χ0n) is 16.6. The van der Waals surface area contributed by atoms with Crippen LogP contribution in [0.5, 0.6) is 0 Å². The molecule has 1 aromatic heterocycles. The monoisotopic (exact) mass is 415 g/mol. The van der Waals surface area contributed by atoms with Gasteiger partial charge >= 0.3 is 6.03 Å². The number of amides is 2. The lowest BCUT2D eigenvalue weighted by atomic mass is 9.95. The van der Waals surface area contributed by atoms with Crippen LogP contribution in [0.25, 0.3) is 10.9 Å². The number of rotatable bonds is 4. The quantitative estimate of drug-likeness (QED) is 0.802. The van der Waals surface area contributed by atoms with Gasteiger partial charge in [-0.25, -0.2) is 17.2 Å². The van der Waals surface area contributed by atoms with Crippen molar-refractivity contribution >= 4 is 27.0 Å². The second kappa shape index (κ2) is 6.95. The van der Waals surface area contributed by atoms with Gasteiger partial charge in [0.05, 0.1) is 17.8 Å². The fourth-order valence-corrected chi connectivity index (χ4v) is 5.84. The number of para-hydroxylation sites is 1. The summed E-state index contributed by atoms with van der Waals surface area (Å²) >= 11 is 0. The molecule has 0 bridgehead atoms. The third-order valence-electron chi connectivity index (χ3n) is 5.86. The van der Waals surface area contributed by atoms with Gasteiger partial charge in [0, 0.05) is 18.5 Å². The van der Waals surface area contributed by atoms with Crippen LogP contribution in [-0.2, 0) is 16.6 Å². The third-order valence-corrected chi connectivity index (χ3v) is 8.27. The average molecular weight is 416 g/mol. The summed E-state index contributed by atoms with van der Waals surface area (Å²) < 4.78 is 27.4. The van der Waals surface area contributed by atoms with Crippen molar-refractivity contribution in [3.8, 4) is 0 Å². The van der Waals surface area contributed by atoms with E-state index < -0.39 is 14.8 Å².